The first-order valence-corrected chi connectivity index (χ1v) is 8.22. The van der Waals surface area contributed by atoms with Gasteiger partial charge in [-0.3, -0.25) is 9.78 Å². The van der Waals surface area contributed by atoms with Gasteiger partial charge in [-0.2, -0.15) is 0 Å². The van der Waals surface area contributed by atoms with Crippen molar-refractivity contribution in [1.82, 2.24) is 10.3 Å². The van der Waals surface area contributed by atoms with Crippen molar-refractivity contribution in [3.8, 4) is 28.6 Å². The molecule has 2 aromatic heterocycles. The number of hydrogen-bond donors (Lipinski definition) is 1. The van der Waals surface area contributed by atoms with E-state index in [9.17, 15) is 4.79 Å². The number of carbonyl (C=O) groups is 1. The number of benzene rings is 1. The maximum atomic E-state index is 12.6. The minimum absolute atomic E-state index is 0.266. The molecular weight excluding hydrogens is 348 g/mol. The van der Waals surface area contributed by atoms with E-state index in [0.29, 0.717) is 29.4 Å². The summed E-state index contributed by atoms with van der Waals surface area (Å²) in [5.41, 5.74) is 2.10. The van der Waals surface area contributed by atoms with Crippen LogP contribution in [0, 0.1) is 0 Å². The van der Waals surface area contributed by atoms with Crippen molar-refractivity contribution in [3.63, 3.8) is 0 Å². The number of amides is 1. The molecule has 27 heavy (non-hydrogen) atoms. The van der Waals surface area contributed by atoms with E-state index >= 15 is 0 Å². The lowest BCUT2D eigenvalue weighted by molar-refractivity contribution is 0.0950. The van der Waals surface area contributed by atoms with Crippen LogP contribution in [0.4, 0.5) is 0 Å². The fraction of sp³-hybridized carbons (Fsp3) is 0.200. The quantitative estimate of drug-likeness (QED) is 0.689. The van der Waals surface area contributed by atoms with Gasteiger partial charge in [-0.1, -0.05) is 0 Å². The molecule has 3 rings (SSSR count). The van der Waals surface area contributed by atoms with Gasteiger partial charge in [0.15, 0.2) is 11.5 Å². The second-order valence-electron chi connectivity index (χ2n) is 5.66. The number of nitrogens with zero attached hydrogens (tertiary/aromatic N) is 1. The number of rotatable bonds is 7. The molecule has 0 atom stereocenters. The normalized spacial score (nSPS) is 10.3. The standard InChI is InChI=1S/C20H20N2O5/c1-24-17-8-14(9-18(25-2)19(17)26-3)20(23)22-11-13-7-15(12-21-10-13)16-5-4-6-27-16/h4-10,12H,11H2,1-3H3,(H,22,23). The highest BCUT2D eigenvalue weighted by molar-refractivity contribution is 5.95. The minimum Gasteiger partial charge on any atom is -0.493 e. The van der Waals surface area contributed by atoms with E-state index < -0.39 is 0 Å². The number of nitrogens with one attached hydrogen (secondary N) is 1. The number of aromatic nitrogens is 1. The lowest BCUT2D eigenvalue weighted by Crippen LogP contribution is -2.23. The van der Waals surface area contributed by atoms with Crippen LogP contribution in [0.2, 0.25) is 0 Å². The van der Waals surface area contributed by atoms with Crippen LogP contribution in [0.5, 0.6) is 17.2 Å². The van der Waals surface area contributed by atoms with Crippen LogP contribution in [-0.4, -0.2) is 32.2 Å². The molecule has 0 spiro atoms. The summed E-state index contributed by atoms with van der Waals surface area (Å²) in [4.78, 5) is 16.8. The van der Waals surface area contributed by atoms with Gasteiger partial charge in [0, 0.05) is 30.1 Å². The van der Waals surface area contributed by atoms with Crippen molar-refractivity contribution in [2.75, 3.05) is 21.3 Å². The molecule has 0 bridgehead atoms. The van der Waals surface area contributed by atoms with Crippen LogP contribution in [0.25, 0.3) is 11.3 Å². The Bertz CT molecular complexity index is 897. The van der Waals surface area contributed by atoms with Gasteiger partial charge >= 0.3 is 0 Å². The first-order chi connectivity index (χ1) is 13.2. The third kappa shape index (κ3) is 4.03. The third-order valence-electron chi connectivity index (χ3n) is 3.98. The molecule has 0 radical (unpaired) electrons. The van der Waals surface area contributed by atoms with E-state index in [4.69, 9.17) is 18.6 Å². The molecule has 7 heteroatoms. The number of hydrogen-bond acceptors (Lipinski definition) is 6. The summed E-state index contributed by atoms with van der Waals surface area (Å²) < 4.78 is 21.2. The van der Waals surface area contributed by atoms with Crippen molar-refractivity contribution in [2.45, 2.75) is 6.54 Å². The summed E-state index contributed by atoms with van der Waals surface area (Å²) in [7, 11) is 4.52. The van der Waals surface area contributed by atoms with Gasteiger partial charge in [-0.15, -0.1) is 0 Å². The lowest BCUT2D eigenvalue weighted by Gasteiger charge is -2.14. The molecule has 0 unspecified atom stereocenters. The van der Waals surface area contributed by atoms with Gasteiger partial charge in [0.05, 0.1) is 27.6 Å². The first kappa shape index (κ1) is 18.3. The number of pyridine rings is 1. The molecule has 3 aromatic rings. The molecular formula is C20H20N2O5. The van der Waals surface area contributed by atoms with E-state index in [0.717, 1.165) is 16.9 Å². The van der Waals surface area contributed by atoms with Crippen molar-refractivity contribution >= 4 is 5.91 Å². The minimum atomic E-state index is -0.266. The summed E-state index contributed by atoms with van der Waals surface area (Å²) in [6.45, 7) is 0.317. The highest BCUT2D eigenvalue weighted by Crippen LogP contribution is 2.38. The van der Waals surface area contributed by atoms with Gasteiger partial charge in [0.25, 0.3) is 5.91 Å². The van der Waals surface area contributed by atoms with Crippen LogP contribution in [0.15, 0.2) is 53.4 Å². The summed E-state index contributed by atoms with van der Waals surface area (Å²) in [6.07, 6.45) is 5.01. The van der Waals surface area contributed by atoms with E-state index in [1.807, 2.05) is 18.2 Å². The Hall–Kier alpha value is -3.48. The molecule has 0 saturated carbocycles. The highest BCUT2D eigenvalue weighted by Gasteiger charge is 2.17. The molecule has 0 aliphatic heterocycles. The molecule has 0 fully saturated rings. The Balaban J connectivity index is 1.76. The predicted molar refractivity (Wildman–Crippen MR) is 99.2 cm³/mol. The van der Waals surface area contributed by atoms with Crippen LogP contribution in [-0.2, 0) is 6.54 Å². The maximum Gasteiger partial charge on any atom is 0.251 e. The monoisotopic (exact) mass is 368 g/mol. The van der Waals surface area contributed by atoms with Crippen molar-refractivity contribution in [1.29, 1.82) is 0 Å². The molecule has 0 aliphatic rings. The molecule has 2 heterocycles. The van der Waals surface area contributed by atoms with Gasteiger partial charge in [0.2, 0.25) is 5.75 Å². The Labute approximate surface area is 156 Å². The Morgan fingerprint density at radius 1 is 1.07 bits per heavy atom. The van der Waals surface area contributed by atoms with Crippen LogP contribution >= 0.6 is 0 Å². The number of carbonyl (C=O) groups excluding carboxylic acids is 1. The summed E-state index contributed by atoms with van der Waals surface area (Å²) in [5, 5.41) is 2.87. The second-order valence-corrected chi connectivity index (χ2v) is 5.66. The average Bonchev–Trinajstić information content (AvgIpc) is 3.26. The number of furan rings is 1. The molecule has 1 aromatic carbocycles. The van der Waals surface area contributed by atoms with Gasteiger partial charge < -0.3 is 23.9 Å². The Morgan fingerprint density at radius 3 is 2.41 bits per heavy atom. The number of ether oxygens (including phenoxy) is 3. The average molecular weight is 368 g/mol. The van der Waals surface area contributed by atoms with E-state index in [1.165, 1.54) is 21.3 Å². The van der Waals surface area contributed by atoms with Crippen molar-refractivity contribution in [2.24, 2.45) is 0 Å². The topological polar surface area (TPSA) is 82.8 Å². The molecule has 1 amide bonds. The fourth-order valence-electron chi connectivity index (χ4n) is 2.66. The van der Waals surface area contributed by atoms with Gasteiger partial charge in [-0.25, -0.2) is 0 Å². The zero-order valence-electron chi connectivity index (χ0n) is 15.3. The summed E-state index contributed by atoms with van der Waals surface area (Å²) >= 11 is 0. The van der Waals surface area contributed by atoms with Gasteiger partial charge in [-0.05, 0) is 35.9 Å². The van der Waals surface area contributed by atoms with Crippen LogP contribution < -0.4 is 19.5 Å². The Kier molecular flexibility index (Phi) is 5.61. The molecule has 0 aliphatic carbocycles. The van der Waals surface area contributed by atoms with E-state index in [1.54, 1.807) is 30.8 Å². The van der Waals surface area contributed by atoms with Crippen LogP contribution in [0.1, 0.15) is 15.9 Å². The second kappa shape index (κ2) is 8.27. The fourth-order valence-corrected chi connectivity index (χ4v) is 2.66. The predicted octanol–water partition coefficient (Wildman–Crippen LogP) is 3.30. The first-order valence-electron chi connectivity index (χ1n) is 8.22. The van der Waals surface area contributed by atoms with Gasteiger partial charge in [0.1, 0.15) is 5.76 Å². The van der Waals surface area contributed by atoms with E-state index in [-0.39, 0.29) is 5.91 Å². The molecule has 140 valence electrons. The zero-order valence-corrected chi connectivity index (χ0v) is 15.3. The highest BCUT2D eigenvalue weighted by atomic mass is 16.5. The van der Waals surface area contributed by atoms with Crippen molar-refractivity contribution in [3.05, 3.63) is 60.1 Å². The molecule has 1 N–H and O–H groups in total. The number of methoxy groups -OCH3 is 3. The third-order valence-corrected chi connectivity index (χ3v) is 3.98. The maximum absolute atomic E-state index is 12.6. The van der Waals surface area contributed by atoms with Crippen molar-refractivity contribution < 1.29 is 23.4 Å². The summed E-state index contributed by atoms with van der Waals surface area (Å²) in [5.74, 6) is 1.73. The Morgan fingerprint density at radius 2 is 1.81 bits per heavy atom. The molecule has 0 saturated heterocycles. The zero-order chi connectivity index (χ0) is 19.2. The smallest absolute Gasteiger partial charge is 0.251 e. The van der Waals surface area contributed by atoms with Crippen LogP contribution in [0.3, 0.4) is 0 Å². The summed E-state index contributed by atoms with van der Waals surface area (Å²) in [6, 6.07) is 8.80. The SMILES string of the molecule is COc1cc(C(=O)NCc2cncc(-c3ccco3)c2)cc(OC)c1OC. The largest absolute Gasteiger partial charge is 0.493 e. The van der Waals surface area contributed by atoms with E-state index in [2.05, 4.69) is 10.3 Å². The lowest BCUT2D eigenvalue weighted by atomic mass is 10.1. The molecule has 7 nitrogen and oxygen atoms in total.